The van der Waals surface area contributed by atoms with E-state index in [1.165, 1.54) is 6.07 Å². The van der Waals surface area contributed by atoms with Crippen LogP contribution in [0.25, 0.3) is 0 Å². The maximum atomic E-state index is 13.7. The first-order valence-corrected chi connectivity index (χ1v) is 8.55. The number of nitrogens with one attached hydrogen (secondary N) is 1. The molecule has 0 aromatic heterocycles. The van der Waals surface area contributed by atoms with Gasteiger partial charge in [-0.05, 0) is 33.4 Å². The van der Waals surface area contributed by atoms with E-state index < -0.39 is 6.04 Å². The molecule has 1 heterocycles. The molecule has 2 amide bonds. The third-order valence-corrected chi connectivity index (χ3v) is 4.19. The first-order valence-electron chi connectivity index (χ1n) is 8.55. The number of benzene rings is 1. The Labute approximate surface area is 148 Å². The molecule has 2 rings (SSSR count). The minimum Gasteiger partial charge on any atom is -0.352 e. The highest BCUT2D eigenvalue weighted by atomic mass is 19.1. The molecule has 1 aromatic carbocycles. The first kappa shape index (κ1) is 19.3. The van der Waals surface area contributed by atoms with Crippen LogP contribution in [0.1, 0.15) is 25.8 Å². The van der Waals surface area contributed by atoms with Gasteiger partial charge < -0.3 is 16.0 Å². The zero-order valence-corrected chi connectivity index (χ0v) is 15.0. The molecule has 1 aliphatic heterocycles. The van der Waals surface area contributed by atoms with E-state index >= 15 is 0 Å². The Hall–Kier alpha value is -1.99. The van der Waals surface area contributed by atoms with E-state index in [9.17, 15) is 14.0 Å². The summed E-state index contributed by atoms with van der Waals surface area (Å²) in [6.45, 7) is 4.54. The quantitative estimate of drug-likeness (QED) is 0.792. The lowest BCUT2D eigenvalue weighted by Gasteiger charge is -2.27. The normalized spacial score (nSPS) is 20.4. The number of halogens is 1. The van der Waals surface area contributed by atoms with Crippen molar-refractivity contribution in [2.45, 2.75) is 44.9 Å². The second kappa shape index (κ2) is 8.40. The van der Waals surface area contributed by atoms with Crippen molar-refractivity contribution in [1.29, 1.82) is 0 Å². The fourth-order valence-corrected chi connectivity index (χ4v) is 3.07. The van der Waals surface area contributed by atoms with Crippen LogP contribution in [0.5, 0.6) is 0 Å². The van der Waals surface area contributed by atoms with Crippen molar-refractivity contribution in [2.75, 3.05) is 20.1 Å². The molecule has 0 bridgehead atoms. The number of carbonyl (C=O) groups excluding carboxylic acids is 2. The van der Waals surface area contributed by atoms with Crippen molar-refractivity contribution >= 4 is 11.8 Å². The predicted molar refractivity (Wildman–Crippen MR) is 94.1 cm³/mol. The fraction of sp³-hybridized carbons (Fsp3) is 0.556. The number of likely N-dealkylation sites (tertiary alicyclic amines) is 1. The predicted octanol–water partition coefficient (Wildman–Crippen LogP) is 0.710. The molecule has 1 aliphatic rings. The van der Waals surface area contributed by atoms with Crippen LogP contribution in [0, 0.1) is 5.82 Å². The smallest absolute Gasteiger partial charge is 0.243 e. The summed E-state index contributed by atoms with van der Waals surface area (Å²) in [5.74, 6) is -0.636. The Morgan fingerprint density at radius 2 is 2.08 bits per heavy atom. The summed E-state index contributed by atoms with van der Waals surface area (Å²) in [5.41, 5.74) is 6.49. The van der Waals surface area contributed by atoms with Crippen LogP contribution in [0.2, 0.25) is 0 Å². The van der Waals surface area contributed by atoms with Crippen molar-refractivity contribution in [3.63, 3.8) is 0 Å². The van der Waals surface area contributed by atoms with Gasteiger partial charge in [-0.3, -0.25) is 14.5 Å². The van der Waals surface area contributed by atoms with Crippen LogP contribution in [0.3, 0.4) is 0 Å². The van der Waals surface area contributed by atoms with Crippen LogP contribution in [-0.2, 0) is 16.1 Å². The highest BCUT2D eigenvalue weighted by Crippen LogP contribution is 2.18. The Kier molecular flexibility index (Phi) is 6.50. The van der Waals surface area contributed by atoms with E-state index in [-0.39, 0.29) is 36.3 Å². The molecule has 0 spiro atoms. The van der Waals surface area contributed by atoms with Gasteiger partial charge in [0, 0.05) is 30.7 Å². The minimum atomic E-state index is -0.535. The number of rotatable bonds is 6. The molecule has 1 saturated heterocycles. The molecule has 0 unspecified atom stereocenters. The summed E-state index contributed by atoms with van der Waals surface area (Å²) in [7, 11) is 1.75. The molecule has 1 aromatic rings. The summed E-state index contributed by atoms with van der Waals surface area (Å²) in [4.78, 5) is 28.2. The maximum Gasteiger partial charge on any atom is 0.243 e. The average molecular weight is 350 g/mol. The van der Waals surface area contributed by atoms with E-state index in [4.69, 9.17) is 5.73 Å². The Bertz CT molecular complexity index is 623. The van der Waals surface area contributed by atoms with Crippen molar-refractivity contribution in [3.05, 3.63) is 35.6 Å². The maximum absolute atomic E-state index is 13.7. The molecule has 138 valence electrons. The molecular weight excluding hydrogens is 323 g/mol. The first-order chi connectivity index (χ1) is 11.8. The van der Waals surface area contributed by atoms with Gasteiger partial charge in [0.25, 0.3) is 0 Å². The summed E-state index contributed by atoms with van der Waals surface area (Å²) in [6.07, 6.45) is 0.460. The van der Waals surface area contributed by atoms with Crippen LogP contribution in [-0.4, -0.2) is 59.9 Å². The van der Waals surface area contributed by atoms with Gasteiger partial charge >= 0.3 is 0 Å². The van der Waals surface area contributed by atoms with Crippen molar-refractivity contribution < 1.29 is 14.0 Å². The van der Waals surface area contributed by atoms with Crippen LogP contribution < -0.4 is 11.1 Å². The zero-order valence-electron chi connectivity index (χ0n) is 15.0. The fourth-order valence-electron chi connectivity index (χ4n) is 3.07. The van der Waals surface area contributed by atoms with Gasteiger partial charge in [-0.2, -0.15) is 0 Å². The Morgan fingerprint density at radius 3 is 2.72 bits per heavy atom. The van der Waals surface area contributed by atoms with E-state index in [1.54, 1.807) is 35.0 Å². The van der Waals surface area contributed by atoms with Crippen molar-refractivity contribution in [3.8, 4) is 0 Å². The monoisotopic (exact) mass is 350 g/mol. The molecule has 0 radical (unpaired) electrons. The van der Waals surface area contributed by atoms with Gasteiger partial charge in [0.05, 0.1) is 6.54 Å². The molecular formula is C18H27FN4O2. The standard InChI is InChI=1S/C18H27FN4O2/c1-12(2)21-18(25)16-8-14(20)10-23(16)17(24)11-22(3)9-13-6-4-5-7-15(13)19/h4-7,12,14,16H,8-11,20H2,1-3H3,(H,21,25)/t14-,16-/m0/s1. The van der Waals surface area contributed by atoms with Crippen molar-refractivity contribution in [2.24, 2.45) is 5.73 Å². The largest absolute Gasteiger partial charge is 0.352 e. The molecule has 6 nitrogen and oxygen atoms in total. The van der Waals surface area contributed by atoms with Gasteiger partial charge in [0.2, 0.25) is 11.8 Å². The third kappa shape index (κ3) is 5.24. The van der Waals surface area contributed by atoms with Gasteiger partial charge in [-0.1, -0.05) is 18.2 Å². The third-order valence-electron chi connectivity index (χ3n) is 4.19. The van der Waals surface area contributed by atoms with E-state index in [0.717, 1.165) is 0 Å². The molecule has 25 heavy (non-hydrogen) atoms. The average Bonchev–Trinajstić information content (AvgIpc) is 2.91. The zero-order chi connectivity index (χ0) is 18.6. The number of hydrogen-bond acceptors (Lipinski definition) is 4. The van der Waals surface area contributed by atoms with Gasteiger partial charge in [0.1, 0.15) is 11.9 Å². The number of hydrogen-bond donors (Lipinski definition) is 2. The molecule has 1 fully saturated rings. The Balaban J connectivity index is 1.98. The van der Waals surface area contributed by atoms with Gasteiger partial charge in [0.15, 0.2) is 0 Å². The number of carbonyl (C=O) groups is 2. The molecule has 7 heteroatoms. The van der Waals surface area contributed by atoms with Gasteiger partial charge in [-0.15, -0.1) is 0 Å². The summed E-state index contributed by atoms with van der Waals surface area (Å²) in [6, 6.07) is 5.76. The summed E-state index contributed by atoms with van der Waals surface area (Å²) < 4.78 is 13.7. The highest BCUT2D eigenvalue weighted by molar-refractivity contribution is 5.89. The molecule has 2 atom stereocenters. The van der Waals surface area contributed by atoms with Crippen molar-refractivity contribution in [1.82, 2.24) is 15.1 Å². The Morgan fingerprint density at radius 1 is 1.40 bits per heavy atom. The minimum absolute atomic E-state index is 0.00464. The lowest BCUT2D eigenvalue weighted by Crippen LogP contribution is -2.49. The lowest BCUT2D eigenvalue weighted by atomic mass is 10.1. The number of amides is 2. The van der Waals surface area contributed by atoms with E-state index in [2.05, 4.69) is 5.32 Å². The second-order valence-corrected chi connectivity index (χ2v) is 6.98. The topological polar surface area (TPSA) is 78.7 Å². The number of likely N-dealkylation sites (N-methyl/N-ethyl adjacent to an activating group) is 1. The SMILES string of the molecule is CC(C)NC(=O)[C@@H]1C[C@H](N)CN1C(=O)CN(C)Cc1ccccc1F. The highest BCUT2D eigenvalue weighted by Gasteiger charge is 2.38. The van der Waals surface area contributed by atoms with Crippen LogP contribution in [0.15, 0.2) is 24.3 Å². The summed E-state index contributed by atoms with van der Waals surface area (Å²) >= 11 is 0. The molecule has 0 saturated carbocycles. The lowest BCUT2D eigenvalue weighted by molar-refractivity contribution is -0.139. The number of nitrogens with two attached hydrogens (primary N) is 1. The van der Waals surface area contributed by atoms with E-state index in [1.807, 2.05) is 13.8 Å². The second-order valence-electron chi connectivity index (χ2n) is 6.98. The van der Waals surface area contributed by atoms with Crippen LogP contribution in [0.4, 0.5) is 4.39 Å². The van der Waals surface area contributed by atoms with Gasteiger partial charge in [-0.25, -0.2) is 4.39 Å². The van der Waals surface area contributed by atoms with Crippen LogP contribution >= 0.6 is 0 Å². The molecule has 3 N–H and O–H groups in total. The number of nitrogens with zero attached hydrogens (tertiary/aromatic N) is 2. The molecule has 0 aliphatic carbocycles. The summed E-state index contributed by atoms with van der Waals surface area (Å²) in [5, 5.41) is 2.84. The van der Waals surface area contributed by atoms with E-state index in [0.29, 0.717) is 25.1 Å².